The van der Waals surface area contributed by atoms with Crippen LogP contribution in [0.1, 0.15) is 70.3 Å². The van der Waals surface area contributed by atoms with Crippen LogP contribution in [0.4, 0.5) is 0 Å². The Kier molecular flexibility index (Phi) is 17.4. The highest BCUT2D eigenvalue weighted by atomic mass is 32.1. The summed E-state index contributed by atoms with van der Waals surface area (Å²) in [7, 11) is 0. The minimum atomic E-state index is 0. The van der Waals surface area contributed by atoms with Gasteiger partial charge in [-0.15, -0.1) is 34.0 Å². The van der Waals surface area contributed by atoms with Crippen molar-refractivity contribution in [2.45, 2.75) is 83.1 Å². The number of nitrogens with zero attached hydrogens (tertiary/aromatic N) is 2. The van der Waals surface area contributed by atoms with E-state index in [-0.39, 0.29) is 7.43 Å². The lowest BCUT2D eigenvalue weighted by Gasteiger charge is -1.85. The highest BCUT2D eigenvalue weighted by molar-refractivity contribution is 7.10. The third kappa shape index (κ3) is 13.4. The molecule has 0 saturated carbocycles. The summed E-state index contributed by atoms with van der Waals surface area (Å²) in [5, 5.41) is 8.56. The van der Waals surface area contributed by atoms with Crippen LogP contribution in [-0.2, 0) is 0 Å². The van der Waals surface area contributed by atoms with E-state index in [4.69, 9.17) is 0 Å². The Morgan fingerprint density at radius 3 is 1.25 bits per heavy atom. The molecule has 0 fully saturated rings. The molecule has 1 aliphatic heterocycles. The van der Waals surface area contributed by atoms with Gasteiger partial charge in [0.05, 0.1) is 11.2 Å². The highest BCUT2D eigenvalue weighted by Gasteiger charge is 1.97. The summed E-state index contributed by atoms with van der Waals surface area (Å²) < 4.78 is 0. The largest absolute Gasteiger partial charge is 0.266 e. The second-order valence-electron chi connectivity index (χ2n) is 8.43. The van der Waals surface area contributed by atoms with Crippen LogP contribution in [0.5, 0.6) is 0 Å². The Morgan fingerprint density at radius 2 is 1.14 bits per heavy atom. The van der Waals surface area contributed by atoms with E-state index in [1.165, 1.54) is 48.2 Å². The first-order valence-corrected chi connectivity index (χ1v) is 15.2. The number of hydrogen-bond donors (Lipinski definition) is 0. The zero-order chi connectivity index (χ0) is 26.4. The van der Waals surface area contributed by atoms with Crippen LogP contribution in [0, 0.1) is 55.4 Å². The molecule has 198 valence electrons. The third-order valence-corrected chi connectivity index (χ3v) is 9.37. The minimum absolute atomic E-state index is 0. The van der Waals surface area contributed by atoms with Crippen LogP contribution < -0.4 is 0 Å². The number of thiazole rings is 1. The normalized spacial score (nSPS) is 11.1. The molecule has 0 N–H and O–H groups in total. The van der Waals surface area contributed by atoms with Crippen LogP contribution >= 0.6 is 45.3 Å². The van der Waals surface area contributed by atoms with Crippen molar-refractivity contribution in [3.8, 4) is 0 Å². The summed E-state index contributed by atoms with van der Waals surface area (Å²) in [6.07, 6.45) is 3.01. The first-order valence-electron chi connectivity index (χ1n) is 11.6. The van der Waals surface area contributed by atoms with Crippen LogP contribution in [0.25, 0.3) is 0 Å². The predicted molar refractivity (Wildman–Crippen MR) is 171 cm³/mol. The van der Waals surface area contributed by atoms with Crippen LogP contribution in [0.2, 0.25) is 0 Å². The van der Waals surface area contributed by atoms with Crippen molar-refractivity contribution < 1.29 is 0 Å². The molecule has 4 aromatic rings. The molecule has 1 aliphatic rings. The topological polar surface area (TPSA) is 25.2 Å². The lowest BCUT2D eigenvalue weighted by Crippen LogP contribution is -1.69. The van der Waals surface area contributed by atoms with Gasteiger partial charge in [-0.3, -0.25) is 4.99 Å². The van der Waals surface area contributed by atoms with E-state index in [0.717, 1.165) is 12.1 Å². The number of aliphatic imine (C=N–C) groups is 1. The molecule has 0 bridgehead atoms. The van der Waals surface area contributed by atoms with Crippen molar-refractivity contribution in [1.82, 2.24) is 4.98 Å². The van der Waals surface area contributed by atoms with Gasteiger partial charge < -0.3 is 0 Å². The van der Waals surface area contributed by atoms with Crippen LogP contribution in [0.3, 0.4) is 0 Å². The zero-order valence-electron chi connectivity index (χ0n) is 22.9. The molecule has 0 saturated heterocycles. The van der Waals surface area contributed by atoms with Crippen LogP contribution in [0.15, 0.2) is 55.4 Å². The maximum atomic E-state index is 4.07. The van der Waals surface area contributed by atoms with Gasteiger partial charge in [-0.25, -0.2) is 4.98 Å². The van der Waals surface area contributed by atoms with Crippen molar-refractivity contribution in [3.63, 3.8) is 0 Å². The zero-order valence-corrected chi connectivity index (χ0v) is 26.1. The molecule has 0 aliphatic carbocycles. The summed E-state index contributed by atoms with van der Waals surface area (Å²) in [5.74, 6) is 0. The fourth-order valence-corrected chi connectivity index (χ4v) is 5.16. The van der Waals surface area contributed by atoms with Crippen molar-refractivity contribution in [2.75, 3.05) is 0 Å². The molecule has 0 aromatic carbocycles. The Labute approximate surface area is 236 Å². The third-order valence-electron chi connectivity index (χ3n) is 5.63. The highest BCUT2D eigenvalue weighted by Crippen LogP contribution is 2.14. The van der Waals surface area contributed by atoms with E-state index in [9.17, 15) is 0 Å². The summed E-state index contributed by atoms with van der Waals surface area (Å²) in [6.45, 7) is 21.1. The van der Waals surface area contributed by atoms with Gasteiger partial charge in [-0.1, -0.05) is 7.43 Å². The van der Waals surface area contributed by atoms with E-state index in [1.54, 1.807) is 45.3 Å². The Hall–Kier alpha value is -1.86. The lowest BCUT2D eigenvalue weighted by atomic mass is 10.2. The number of aryl methyl sites for hydroxylation is 8. The molecule has 6 heteroatoms. The minimum Gasteiger partial charge on any atom is -0.266 e. The Balaban J connectivity index is 0.000000422. The van der Waals surface area contributed by atoms with E-state index in [2.05, 4.69) is 99.0 Å². The molecular weight excluding hydrogens is 517 g/mol. The number of hydrogen-bond acceptors (Lipinski definition) is 6. The van der Waals surface area contributed by atoms with Gasteiger partial charge in [-0.05, 0) is 131 Å². The molecule has 0 amide bonds. The van der Waals surface area contributed by atoms with E-state index in [0.29, 0.717) is 0 Å². The molecule has 5 rings (SSSR count). The van der Waals surface area contributed by atoms with E-state index >= 15 is 0 Å². The van der Waals surface area contributed by atoms with Gasteiger partial charge >= 0.3 is 0 Å². The number of allylic oxidation sites excluding steroid dienone is 2. The monoisotopic (exact) mass is 560 g/mol. The lowest BCUT2D eigenvalue weighted by molar-refractivity contribution is 1.22. The molecule has 0 unspecified atom stereocenters. The van der Waals surface area contributed by atoms with Crippen molar-refractivity contribution >= 4 is 51.6 Å². The first kappa shape index (κ1) is 34.1. The number of thiophene rings is 3. The van der Waals surface area contributed by atoms with Crippen molar-refractivity contribution in [3.05, 3.63) is 93.0 Å². The molecule has 0 radical (unpaired) electrons. The molecule has 0 atom stereocenters. The summed E-state index contributed by atoms with van der Waals surface area (Å²) >= 11 is 7.07. The fourth-order valence-electron chi connectivity index (χ4n) is 2.26. The quantitative estimate of drug-likeness (QED) is 0.210. The fraction of sp³-hybridized carbons (Fsp3) is 0.400. The Morgan fingerprint density at radius 1 is 0.639 bits per heavy atom. The second-order valence-corrected chi connectivity index (χ2v) is 12.5. The number of rotatable bonds is 0. The maximum absolute atomic E-state index is 4.07. The molecule has 4 aromatic heterocycles. The summed E-state index contributed by atoms with van der Waals surface area (Å²) in [4.78, 5) is 12.3. The molecule has 2 nitrogen and oxygen atoms in total. The SMILES string of the molecule is C.CC1=C(C)N=CC1.Cc1ccsc1C.Cc1ccsc1C.Cc1cscc1C.Cc1ncsc1C. The second kappa shape index (κ2) is 18.4. The van der Waals surface area contributed by atoms with Crippen LogP contribution in [-0.4, -0.2) is 11.2 Å². The maximum Gasteiger partial charge on any atom is 0.0797 e. The average Bonchev–Trinajstić information content (AvgIpc) is 3.64. The van der Waals surface area contributed by atoms with Gasteiger partial charge in [-0.2, -0.15) is 11.3 Å². The van der Waals surface area contributed by atoms with E-state index in [1.807, 2.05) is 25.6 Å². The summed E-state index contributed by atoms with van der Waals surface area (Å²) in [5.41, 5.74) is 11.2. The molecule has 0 spiro atoms. The van der Waals surface area contributed by atoms with E-state index < -0.39 is 0 Å². The van der Waals surface area contributed by atoms with Gasteiger partial charge in [0.15, 0.2) is 0 Å². The molecule has 5 heterocycles. The smallest absolute Gasteiger partial charge is 0.0797 e. The van der Waals surface area contributed by atoms with Crippen molar-refractivity contribution in [2.24, 2.45) is 4.99 Å². The standard InChI is InChI=1S/C6H9N.3C6H8S.C5H7NS.CH4/c1-5-3-4-7-6(5)2;1-5-3-7-4-6(5)2;2*1-5-3-4-7-6(5)2;1-4-5(2)7-3-6-4;/h4H,3H2,1-2H3;3*3-4H,1-2H3;3H,1-2H3;1H4. The Bertz CT molecular complexity index is 966. The molecule has 36 heavy (non-hydrogen) atoms. The average molecular weight is 561 g/mol. The first-order chi connectivity index (χ1) is 16.5. The number of aromatic nitrogens is 1. The van der Waals surface area contributed by atoms with Crippen molar-refractivity contribution in [1.29, 1.82) is 0 Å². The van der Waals surface area contributed by atoms with Gasteiger partial charge in [0.2, 0.25) is 0 Å². The van der Waals surface area contributed by atoms with Gasteiger partial charge in [0.25, 0.3) is 0 Å². The van der Waals surface area contributed by atoms with Gasteiger partial charge in [0, 0.05) is 33.0 Å². The van der Waals surface area contributed by atoms with Gasteiger partial charge in [0.1, 0.15) is 0 Å². The molecular formula is C30H44N2S4. The predicted octanol–water partition coefficient (Wildman–Crippen LogP) is 11.2. The summed E-state index contributed by atoms with van der Waals surface area (Å²) in [6, 6.07) is 4.28.